The molecule has 5 rings (SSSR count). The van der Waals surface area contributed by atoms with E-state index in [1.54, 1.807) is 21.8 Å². The van der Waals surface area contributed by atoms with Gasteiger partial charge in [0.15, 0.2) is 5.65 Å². The molecule has 1 fully saturated rings. The summed E-state index contributed by atoms with van der Waals surface area (Å²) in [7, 11) is 1.85. The van der Waals surface area contributed by atoms with Gasteiger partial charge in [0.25, 0.3) is 5.91 Å². The van der Waals surface area contributed by atoms with Crippen LogP contribution >= 0.6 is 0 Å². The maximum atomic E-state index is 13.7. The fourth-order valence-corrected chi connectivity index (χ4v) is 4.51. The largest absolute Gasteiger partial charge is 0.340 e. The van der Waals surface area contributed by atoms with Gasteiger partial charge in [0, 0.05) is 25.7 Å². The number of hydrogen-bond acceptors (Lipinski definition) is 4. The van der Waals surface area contributed by atoms with Gasteiger partial charge in [-0.1, -0.05) is 42.5 Å². The van der Waals surface area contributed by atoms with E-state index >= 15 is 0 Å². The summed E-state index contributed by atoms with van der Waals surface area (Å²) in [6, 6.07) is 18.1. The Morgan fingerprint density at radius 2 is 1.85 bits per heavy atom. The third-order valence-electron chi connectivity index (χ3n) is 6.43. The first-order chi connectivity index (χ1) is 16.6. The molecule has 0 radical (unpaired) electrons. The number of pyridine rings is 1. The first-order valence-electron chi connectivity index (χ1n) is 11.7. The lowest BCUT2D eigenvalue weighted by molar-refractivity contribution is 0.0784. The molecular weight excluding hydrogens is 429 g/mol. The topological polar surface area (TPSA) is 54.3 Å². The van der Waals surface area contributed by atoms with Crippen molar-refractivity contribution in [2.24, 2.45) is 0 Å². The van der Waals surface area contributed by atoms with Gasteiger partial charge in [-0.05, 0) is 49.7 Å². The normalized spacial score (nSPS) is 14.1. The van der Waals surface area contributed by atoms with Crippen molar-refractivity contribution in [2.45, 2.75) is 19.4 Å². The smallest absolute Gasteiger partial charge is 0.254 e. The quantitative estimate of drug-likeness (QED) is 0.411. The molecule has 0 bridgehead atoms. The highest BCUT2D eigenvalue weighted by Crippen LogP contribution is 2.26. The van der Waals surface area contributed by atoms with Crippen molar-refractivity contribution < 1.29 is 9.18 Å². The molecule has 7 heteroatoms. The summed E-state index contributed by atoms with van der Waals surface area (Å²) in [4.78, 5) is 22.6. The van der Waals surface area contributed by atoms with Crippen LogP contribution < -0.4 is 0 Å². The van der Waals surface area contributed by atoms with Crippen LogP contribution in [-0.4, -0.2) is 63.7 Å². The second-order valence-electron chi connectivity index (χ2n) is 8.87. The standard InChI is InChI=1S/C27H28FN5O/c1-31(14-15-32-12-5-6-13-32)27(34)23-17-25(21-9-3-2-4-10-21)30-26-24(23)18-29-33(26)19-20-8-7-11-22(28)16-20/h2-4,7-11,16-18H,5-6,12-15,19H2,1H3. The molecule has 1 aliphatic heterocycles. The van der Waals surface area contributed by atoms with Gasteiger partial charge in [0.1, 0.15) is 5.82 Å². The summed E-state index contributed by atoms with van der Waals surface area (Å²) in [5.74, 6) is -0.337. The Morgan fingerprint density at radius 3 is 2.62 bits per heavy atom. The molecule has 174 valence electrons. The van der Waals surface area contributed by atoms with Crippen molar-refractivity contribution in [1.82, 2.24) is 24.6 Å². The summed E-state index contributed by atoms with van der Waals surface area (Å²) in [5.41, 5.74) is 3.62. The fourth-order valence-electron chi connectivity index (χ4n) is 4.51. The molecule has 2 aromatic carbocycles. The first-order valence-corrected chi connectivity index (χ1v) is 11.7. The number of likely N-dealkylation sites (N-methyl/N-ethyl adjacent to an activating group) is 1. The molecule has 6 nitrogen and oxygen atoms in total. The van der Waals surface area contributed by atoms with E-state index in [0.717, 1.165) is 30.8 Å². The summed E-state index contributed by atoms with van der Waals surface area (Å²) >= 11 is 0. The Bertz CT molecular complexity index is 1300. The maximum Gasteiger partial charge on any atom is 0.254 e. The number of nitrogens with zero attached hydrogens (tertiary/aromatic N) is 5. The lowest BCUT2D eigenvalue weighted by Crippen LogP contribution is -2.35. The van der Waals surface area contributed by atoms with Gasteiger partial charge in [0.05, 0.1) is 29.4 Å². The summed E-state index contributed by atoms with van der Waals surface area (Å²) < 4.78 is 15.5. The van der Waals surface area contributed by atoms with Gasteiger partial charge >= 0.3 is 0 Å². The molecule has 3 heterocycles. The van der Waals surface area contributed by atoms with E-state index in [4.69, 9.17) is 4.98 Å². The summed E-state index contributed by atoms with van der Waals surface area (Å²) in [5, 5.41) is 5.22. The van der Waals surface area contributed by atoms with E-state index in [1.165, 1.54) is 25.0 Å². The molecule has 1 amide bonds. The molecule has 2 aromatic heterocycles. The van der Waals surface area contributed by atoms with Crippen LogP contribution in [0.5, 0.6) is 0 Å². The third-order valence-corrected chi connectivity index (χ3v) is 6.43. The van der Waals surface area contributed by atoms with Crippen LogP contribution in [0.1, 0.15) is 28.8 Å². The fraction of sp³-hybridized carbons (Fsp3) is 0.296. The monoisotopic (exact) mass is 457 g/mol. The Hall–Kier alpha value is -3.58. The molecule has 34 heavy (non-hydrogen) atoms. The Morgan fingerprint density at radius 1 is 1.06 bits per heavy atom. The van der Waals surface area contributed by atoms with Crippen LogP contribution in [-0.2, 0) is 6.54 Å². The van der Waals surface area contributed by atoms with Crippen molar-refractivity contribution in [3.8, 4) is 11.3 Å². The van der Waals surface area contributed by atoms with E-state index in [1.807, 2.05) is 49.5 Å². The lowest BCUT2D eigenvalue weighted by atomic mass is 10.1. The molecule has 0 atom stereocenters. The number of carbonyl (C=O) groups is 1. The zero-order valence-corrected chi connectivity index (χ0v) is 19.3. The van der Waals surface area contributed by atoms with Gasteiger partial charge in [-0.3, -0.25) is 4.79 Å². The second-order valence-corrected chi connectivity index (χ2v) is 8.87. The van der Waals surface area contributed by atoms with E-state index in [9.17, 15) is 9.18 Å². The molecule has 0 spiro atoms. The number of fused-ring (bicyclic) bond motifs is 1. The number of likely N-dealkylation sites (tertiary alicyclic amines) is 1. The zero-order valence-electron chi connectivity index (χ0n) is 19.3. The van der Waals surface area contributed by atoms with Crippen LogP contribution in [0, 0.1) is 5.82 Å². The van der Waals surface area contributed by atoms with Crippen molar-refractivity contribution in [1.29, 1.82) is 0 Å². The third kappa shape index (κ3) is 4.70. The minimum Gasteiger partial charge on any atom is -0.340 e. The maximum absolute atomic E-state index is 13.7. The van der Waals surface area contributed by atoms with Crippen LogP contribution in [0.2, 0.25) is 0 Å². The molecule has 4 aromatic rings. The molecule has 1 saturated heterocycles. The molecule has 0 unspecified atom stereocenters. The number of amides is 1. The van der Waals surface area contributed by atoms with Crippen molar-refractivity contribution in [3.63, 3.8) is 0 Å². The number of rotatable bonds is 7. The summed E-state index contributed by atoms with van der Waals surface area (Å²) in [6.45, 7) is 4.12. The van der Waals surface area contributed by atoms with Crippen molar-refractivity contribution in [3.05, 3.63) is 83.8 Å². The van der Waals surface area contributed by atoms with E-state index in [-0.39, 0.29) is 11.7 Å². The lowest BCUT2D eigenvalue weighted by Gasteiger charge is -2.22. The highest BCUT2D eigenvalue weighted by molar-refractivity contribution is 6.06. The van der Waals surface area contributed by atoms with E-state index in [0.29, 0.717) is 35.4 Å². The van der Waals surface area contributed by atoms with Crippen LogP contribution in [0.15, 0.2) is 66.9 Å². The van der Waals surface area contributed by atoms with Crippen molar-refractivity contribution in [2.75, 3.05) is 33.2 Å². The minimum atomic E-state index is -0.289. The zero-order chi connectivity index (χ0) is 23.5. The molecule has 0 saturated carbocycles. The van der Waals surface area contributed by atoms with Crippen LogP contribution in [0.4, 0.5) is 4.39 Å². The molecular formula is C27H28FN5O. The summed E-state index contributed by atoms with van der Waals surface area (Å²) in [6.07, 6.45) is 4.15. The number of hydrogen-bond donors (Lipinski definition) is 0. The molecule has 0 aliphatic carbocycles. The number of carbonyl (C=O) groups excluding carboxylic acids is 1. The highest BCUT2D eigenvalue weighted by Gasteiger charge is 2.21. The second kappa shape index (κ2) is 9.73. The van der Waals surface area contributed by atoms with Crippen molar-refractivity contribution >= 4 is 16.9 Å². The van der Waals surface area contributed by atoms with Gasteiger partial charge < -0.3 is 9.80 Å². The Balaban J connectivity index is 1.51. The van der Waals surface area contributed by atoms with Gasteiger partial charge in [0.2, 0.25) is 0 Å². The first kappa shape index (κ1) is 22.2. The minimum absolute atomic E-state index is 0.0471. The SMILES string of the molecule is CN(CCN1CCCC1)C(=O)c1cc(-c2ccccc2)nc2c1cnn2Cc1cccc(F)c1. The highest BCUT2D eigenvalue weighted by atomic mass is 19.1. The predicted molar refractivity (Wildman–Crippen MR) is 131 cm³/mol. The van der Waals surface area contributed by atoms with Crippen LogP contribution in [0.25, 0.3) is 22.3 Å². The van der Waals surface area contributed by atoms with E-state index < -0.39 is 0 Å². The molecule has 0 N–H and O–H groups in total. The van der Waals surface area contributed by atoms with E-state index in [2.05, 4.69) is 10.00 Å². The Kier molecular flexibility index (Phi) is 6.36. The average Bonchev–Trinajstić information content (AvgIpc) is 3.52. The average molecular weight is 458 g/mol. The predicted octanol–water partition coefficient (Wildman–Crippen LogP) is 4.45. The van der Waals surface area contributed by atoms with Gasteiger partial charge in [-0.15, -0.1) is 0 Å². The number of aromatic nitrogens is 3. The number of halogens is 1. The molecule has 1 aliphatic rings. The Labute approximate surface area is 198 Å². The number of benzene rings is 2. The van der Waals surface area contributed by atoms with Crippen LogP contribution in [0.3, 0.4) is 0 Å². The van der Waals surface area contributed by atoms with Gasteiger partial charge in [-0.25, -0.2) is 14.1 Å². The van der Waals surface area contributed by atoms with Gasteiger partial charge in [-0.2, -0.15) is 5.10 Å².